The van der Waals surface area contributed by atoms with Crippen LogP contribution in [-0.2, 0) is 9.59 Å². The van der Waals surface area contributed by atoms with E-state index < -0.39 is 18.0 Å². The molecule has 0 aliphatic carbocycles. The Morgan fingerprint density at radius 1 is 0.905 bits per heavy atom. The molecule has 5 heteroatoms. The molecule has 124 valence electrons. The van der Waals surface area contributed by atoms with E-state index in [0.717, 1.165) is 12.8 Å². The summed E-state index contributed by atoms with van der Waals surface area (Å²) < 4.78 is 0. The van der Waals surface area contributed by atoms with Gasteiger partial charge in [-0.2, -0.15) is 0 Å². The average Bonchev–Trinajstić information content (AvgIpc) is 2.23. The number of aliphatic carboxylic acids is 2. The fourth-order valence-electron chi connectivity index (χ4n) is 1.92. The molecule has 5 nitrogen and oxygen atoms in total. The van der Waals surface area contributed by atoms with Gasteiger partial charge in [0.15, 0.2) is 0 Å². The van der Waals surface area contributed by atoms with Crippen molar-refractivity contribution < 1.29 is 19.8 Å². The van der Waals surface area contributed by atoms with Gasteiger partial charge in [0.2, 0.25) is 0 Å². The Bertz CT molecular complexity index is 334. The first-order valence-electron chi connectivity index (χ1n) is 7.50. The molecule has 0 aliphatic rings. The Hall–Kier alpha value is -1.10. The van der Waals surface area contributed by atoms with Crippen LogP contribution in [0.25, 0.3) is 0 Å². The summed E-state index contributed by atoms with van der Waals surface area (Å²) in [5, 5.41) is 18.3. The van der Waals surface area contributed by atoms with Crippen LogP contribution in [0.1, 0.15) is 60.8 Å². The van der Waals surface area contributed by atoms with Crippen LogP contribution in [0, 0.1) is 10.8 Å². The minimum Gasteiger partial charge on any atom is -0.481 e. The van der Waals surface area contributed by atoms with Crippen molar-refractivity contribution in [1.82, 2.24) is 4.90 Å². The second-order valence-corrected chi connectivity index (χ2v) is 8.11. The van der Waals surface area contributed by atoms with Crippen LogP contribution in [0.4, 0.5) is 0 Å². The van der Waals surface area contributed by atoms with Crippen LogP contribution >= 0.6 is 0 Å². The van der Waals surface area contributed by atoms with Gasteiger partial charge in [0.05, 0.1) is 6.42 Å². The minimum absolute atomic E-state index is 0.0895. The Kier molecular flexibility index (Phi) is 7.37. The lowest BCUT2D eigenvalue weighted by atomic mass is 9.90. The highest BCUT2D eigenvalue weighted by atomic mass is 16.4. The van der Waals surface area contributed by atoms with E-state index in [4.69, 9.17) is 5.11 Å². The molecule has 0 unspecified atom stereocenters. The van der Waals surface area contributed by atoms with Crippen molar-refractivity contribution in [3.63, 3.8) is 0 Å². The summed E-state index contributed by atoms with van der Waals surface area (Å²) in [6, 6.07) is -0.952. The number of carboxylic acids is 2. The molecular weight excluding hydrogens is 270 g/mol. The van der Waals surface area contributed by atoms with Crippen LogP contribution in [0.3, 0.4) is 0 Å². The van der Waals surface area contributed by atoms with Gasteiger partial charge in [-0.1, -0.05) is 41.5 Å². The summed E-state index contributed by atoms with van der Waals surface area (Å²) in [4.78, 5) is 24.2. The van der Waals surface area contributed by atoms with Crippen molar-refractivity contribution in [3.05, 3.63) is 0 Å². The number of nitrogens with zero attached hydrogens (tertiary/aromatic N) is 1. The smallest absolute Gasteiger partial charge is 0.321 e. The molecule has 0 amide bonds. The number of rotatable bonds is 8. The number of hydrogen-bond acceptors (Lipinski definition) is 3. The van der Waals surface area contributed by atoms with Crippen molar-refractivity contribution in [1.29, 1.82) is 0 Å². The van der Waals surface area contributed by atoms with Gasteiger partial charge < -0.3 is 10.2 Å². The van der Waals surface area contributed by atoms with Crippen LogP contribution in [0.2, 0.25) is 0 Å². The molecule has 0 aromatic rings. The summed E-state index contributed by atoms with van der Waals surface area (Å²) >= 11 is 0. The lowest BCUT2D eigenvalue weighted by Gasteiger charge is -2.33. The molecule has 0 saturated carbocycles. The maximum atomic E-state index is 11.4. The van der Waals surface area contributed by atoms with E-state index in [1.54, 1.807) is 0 Å². The normalized spacial score (nSPS) is 14.2. The van der Waals surface area contributed by atoms with E-state index in [1.807, 2.05) is 4.90 Å². The van der Waals surface area contributed by atoms with Crippen molar-refractivity contribution in [3.8, 4) is 0 Å². The van der Waals surface area contributed by atoms with Gasteiger partial charge in [0.25, 0.3) is 0 Å². The van der Waals surface area contributed by atoms with Crippen molar-refractivity contribution in [2.24, 2.45) is 10.8 Å². The second kappa shape index (κ2) is 7.78. The van der Waals surface area contributed by atoms with Crippen LogP contribution in [0.15, 0.2) is 0 Å². The highest BCUT2D eigenvalue weighted by molar-refractivity contribution is 5.80. The summed E-state index contributed by atoms with van der Waals surface area (Å²) in [6.07, 6.45) is 1.31. The van der Waals surface area contributed by atoms with E-state index >= 15 is 0 Å². The van der Waals surface area contributed by atoms with E-state index in [1.165, 1.54) is 0 Å². The van der Waals surface area contributed by atoms with Crippen LogP contribution in [0.5, 0.6) is 0 Å². The highest BCUT2D eigenvalue weighted by Gasteiger charge is 2.29. The zero-order valence-corrected chi connectivity index (χ0v) is 14.3. The Balaban J connectivity index is 4.96. The maximum Gasteiger partial charge on any atom is 0.321 e. The molecule has 21 heavy (non-hydrogen) atoms. The monoisotopic (exact) mass is 301 g/mol. The molecule has 0 bridgehead atoms. The predicted molar refractivity (Wildman–Crippen MR) is 83.4 cm³/mol. The van der Waals surface area contributed by atoms with Crippen LogP contribution < -0.4 is 0 Å². The fourth-order valence-corrected chi connectivity index (χ4v) is 1.92. The van der Waals surface area contributed by atoms with Gasteiger partial charge in [-0.05, 0) is 36.8 Å². The number of carboxylic acid groups (broad SMARTS) is 2. The molecule has 0 fully saturated rings. The average molecular weight is 301 g/mol. The van der Waals surface area contributed by atoms with Gasteiger partial charge in [-0.3, -0.25) is 14.5 Å². The van der Waals surface area contributed by atoms with Crippen molar-refractivity contribution in [2.45, 2.75) is 66.8 Å². The summed E-state index contributed by atoms with van der Waals surface area (Å²) in [7, 11) is 0. The first kappa shape index (κ1) is 19.9. The molecule has 1 atom stereocenters. The highest BCUT2D eigenvalue weighted by Crippen LogP contribution is 2.23. The van der Waals surface area contributed by atoms with Gasteiger partial charge in [0, 0.05) is 0 Å². The lowest BCUT2D eigenvalue weighted by molar-refractivity contribution is -0.150. The molecule has 0 rings (SSSR count). The lowest BCUT2D eigenvalue weighted by Crippen LogP contribution is -2.45. The zero-order chi connectivity index (χ0) is 16.8. The van der Waals surface area contributed by atoms with Gasteiger partial charge in [-0.15, -0.1) is 0 Å². The Labute approximate surface area is 128 Å². The van der Waals surface area contributed by atoms with E-state index in [2.05, 4.69) is 41.5 Å². The minimum atomic E-state index is -1.07. The topological polar surface area (TPSA) is 77.8 Å². The Morgan fingerprint density at radius 2 is 1.29 bits per heavy atom. The number of carbonyl (C=O) groups is 2. The maximum absolute atomic E-state index is 11.4. The van der Waals surface area contributed by atoms with Crippen molar-refractivity contribution >= 4 is 11.9 Å². The predicted octanol–water partition coefficient (Wildman–Crippen LogP) is 3.09. The molecule has 0 aromatic carbocycles. The molecule has 0 saturated heterocycles. The number of hydrogen-bond donors (Lipinski definition) is 2. The van der Waals surface area contributed by atoms with E-state index in [9.17, 15) is 14.7 Å². The first-order valence-corrected chi connectivity index (χ1v) is 7.50. The standard InChI is InChI=1S/C16H31NO4/c1-15(2,3)7-9-17(10-8-16(4,5)6)12(14(20)21)11-13(18)19/h12H,7-11H2,1-6H3,(H,18,19)(H,20,21)/t12-/m0/s1. The van der Waals surface area contributed by atoms with Gasteiger partial charge in [-0.25, -0.2) is 0 Å². The van der Waals surface area contributed by atoms with Gasteiger partial charge >= 0.3 is 11.9 Å². The third-order valence-electron chi connectivity index (χ3n) is 3.39. The molecule has 0 aromatic heterocycles. The molecule has 2 N–H and O–H groups in total. The summed E-state index contributed by atoms with van der Waals surface area (Å²) in [6.45, 7) is 13.8. The quantitative estimate of drug-likeness (QED) is 0.720. The fraction of sp³-hybridized carbons (Fsp3) is 0.875. The second-order valence-electron chi connectivity index (χ2n) is 8.11. The molecular formula is C16H31NO4. The first-order chi connectivity index (χ1) is 9.32. The molecule has 0 radical (unpaired) electrons. The molecule has 0 spiro atoms. The SMILES string of the molecule is CC(C)(C)CCN(CCC(C)(C)C)[C@@H](CC(=O)O)C(=O)O. The van der Waals surface area contributed by atoms with Gasteiger partial charge in [0.1, 0.15) is 6.04 Å². The molecule has 0 heterocycles. The van der Waals surface area contributed by atoms with Crippen LogP contribution in [-0.4, -0.2) is 46.2 Å². The summed E-state index contributed by atoms with van der Waals surface area (Å²) in [5.41, 5.74) is 0.179. The Morgan fingerprint density at radius 3 is 1.52 bits per heavy atom. The van der Waals surface area contributed by atoms with E-state index in [-0.39, 0.29) is 17.3 Å². The zero-order valence-electron chi connectivity index (χ0n) is 14.3. The largest absolute Gasteiger partial charge is 0.481 e. The third kappa shape index (κ3) is 10.3. The van der Waals surface area contributed by atoms with Crippen molar-refractivity contribution in [2.75, 3.05) is 13.1 Å². The summed E-state index contributed by atoms with van der Waals surface area (Å²) in [5.74, 6) is -2.13. The molecule has 0 aliphatic heterocycles. The van der Waals surface area contributed by atoms with E-state index in [0.29, 0.717) is 13.1 Å². The third-order valence-corrected chi connectivity index (χ3v) is 3.39.